The number of methoxy groups -OCH3 is 1. The minimum Gasteiger partial charge on any atom is -0.467 e. The molecule has 0 spiro atoms. The van der Waals surface area contributed by atoms with E-state index in [4.69, 9.17) is 4.18 Å². The highest BCUT2D eigenvalue weighted by Crippen LogP contribution is 2.64. The molecule has 0 aliphatic heterocycles. The number of carbonyl (C=O) groups excluding carboxylic acids is 2. The average Bonchev–Trinajstić information content (AvgIpc) is 2.70. The summed E-state index contributed by atoms with van der Waals surface area (Å²) in [6, 6.07) is 0. The third-order valence-corrected chi connectivity index (χ3v) is 6.81. The zero-order chi connectivity index (χ0) is 16.1. The van der Waals surface area contributed by atoms with Gasteiger partial charge in [0.05, 0.1) is 18.3 Å². The smallest absolute Gasteiger partial charge is 0.336 e. The van der Waals surface area contributed by atoms with E-state index < -0.39 is 27.6 Å². The predicted molar refractivity (Wildman–Crippen MR) is 74.9 cm³/mol. The molecule has 2 aliphatic carbocycles. The molecule has 21 heavy (non-hydrogen) atoms. The molecule has 0 N–H and O–H groups in total. The highest BCUT2D eigenvalue weighted by molar-refractivity contribution is 7.86. The van der Waals surface area contributed by atoms with Crippen molar-refractivity contribution in [3.63, 3.8) is 0 Å². The molecule has 2 rings (SSSR count). The number of rotatable bonds is 5. The van der Waals surface area contributed by atoms with E-state index in [-0.39, 0.29) is 22.9 Å². The normalized spacial score (nSPS) is 32.2. The van der Waals surface area contributed by atoms with E-state index in [9.17, 15) is 18.0 Å². The van der Waals surface area contributed by atoms with Gasteiger partial charge in [0.1, 0.15) is 5.78 Å². The van der Waals surface area contributed by atoms with Gasteiger partial charge in [-0.1, -0.05) is 13.8 Å². The predicted octanol–water partition coefficient (Wildman–Crippen LogP) is 1.29. The highest BCUT2D eigenvalue weighted by atomic mass is 32.2. The fraction of sp³-hybridized carbons (Fsp3) is 0.857. The molecule has 0 amide bonds. The Balaban J connectivity index is 2.20. The number of hydrogen-bond donors (Lipinski definition) is 0. The van der Waals surface area contributed by atoms with Gasteiger partial charge in [-0.25, -0.2) is 4.79 Å². The third-order valence-electron chi connectivity index (χ3n) is 5.39. The Hall–Kier alpha value is -0.950. The van der Waals surface area contributed by atoms with Gasteiger partial charge in [-0.05, 0) is 31.1 Å². The molecular formula is C14H22O6S. The van der Waals surface area contributed by atoms with Crippen LogP contribution in [0.15, 0.2) is 0 Å². The van der Waals surface area contributed by atoms with Crippen LogP contribution in [-0.4, -0.2) is 39.1 Å². The van der Waals surface area contributed by atoms with Crippen molar-refractivity contribution in [1.82, 2.24) is 0 Å². The van der Waals surface area contributed by atoms with E-state index in [1.807, 2.05) is 13.8 Å². The molecule has 0 radical (unpaired) electrons. The average molecular weight is 318 g/mol. The second kappa shape index (κ2) is 5.05. The Kier molecular flexibility index (Phi) is 3.95. The second-order valence-electron chi connectivity index (χ2n) is 6.63. The molecule has 6 nitrogen and oxygen atoms in total. The fourth-order valence-corrected chi connectivity index (χ4v) is 5.74. The lowest BCUT2D eigenvalue weighted by Gasteiger charge is -2.35. The summed E-state index contributed by atoms with van der Waals surface area (Å²) < 4.78 is 33.8. The Morgan fingerprint density at radius 2 is 2.05 bits per heavy atom. The van der Waals surface area contributed by atoms with Crippen molar-refractivity contribution in [1.29, 1.82) is 0 Å². The number of ether oxygens (including phenoxy) is 1. The first-order valence-corrected chi connectivity index (χ1v) is 8.65. The first-order valence-electron chi connectivity index (χ1n) is 7.08. The number of carbonyl (C=O) groups is 2. The molecule has 1 unspecified atom stereocenters. The van der Waals surface area contributed by atoms with Crippen LogP contribution in [0.1, 0.15) is 40.0 Å². The standard InChI is InChI=1S/C14H22O6S/c1-9(12(16)19-4)20-21(17,18)8-14-6-5-10(7-11(14)15)13(14,2)3/h9-10H,5-8H2,1-4H3/t9?,10-,14-/m1/s1. The van der Waals surface area contributed by atoms with Crippen molar-refractivity contribution in [2.45, 2.75) is 46.1 Å². The molecule has 2 aliphatic rings. The summed E-state index contributed by atoms with van der Waals surface area (Å²) in [7, 11) is -2.82. The van der Waals surface area contributed by atoms with E-state index in [1.54, 1.807) is 0 Å². The van der Waals surface area contributed by atoms with E-state index >= 15 is 0 Å². The number of Topliss-reactive ketones (excluding diaryl/α,β-unsaturated/α-hetero) is 1. The lowest BCUT2D eigenvalue weighted by Crippen LogP contribution is -2.43. The van der Waals surface area contributed by atoms with Crippen LogP contribution in [0.25, 0.3) is 0 Å². The lowest BCUT2D eigenvalue weighted by atomic mass is 9.70. The summed E-state index contributed by atoms with van der Waals surface area (Å²) >= 11 is 0. The molecule has 0 saturated heterocycles. The van der Waals surface area contributed by atoms with Gasteiger partial charge in [0.25, 0.3) is 10.1 Å². The summed E-state index contributed by atoms with van der Waals surface area (Å²) in [4.78, 5) is 23.6. The van der Waals surface area contributed by atoms with Gasteiger partial charge in [-0.15, -0.1) is 0 Å². The molecule has 2 bridgehead atoms. The summed E-state index contributed by atoms with van der Waals surface area (Å²) in [5.74, 6) is -0.874. The second-order valence-corrected chi connectivity index (χ2v) is 8.23. The molecule has 2 fully saturated rings. The van der Waals surface area contributed by atoms with Crippen molar-refractivity contribution in [2.75, 3.05) is 12.9 Å². The minimum absolute atomic E-state index is 0.00152. The van der Waals surface area contributed by atoms with Gasteiger partial charge >= 0.3 is 5.97 Å². The zero-order valence-corrected chi connectivity index (χ0v) is 13.7. The van der Waals surface area contributed by atoms with E-state index in [2.05, 4.69) is 4.74 Å². The van der Waals surface area contributed by atoms with Gasteiger partial charge in [-0.2, -0.15) is 8.42 Å². The van der Waals surface area contributed by atoms with Crippen LogP contribution in [0, 0.1) is 16.7 Å². The molecule has 0 aromatic carbocycles. The van der Waals surface area contributed by atoms with E-state index in [0.717, 1.165) is 6.42 Å². The first kappa shape index (κ1) is 16.4. The van der Waals surface area contributed by atoms with Gasteiger partial charge in [-0.3, -0.25) is 8.98 Å². The lowest BCUT2D eigenvalue weighted by molar-refractivity contribution is -0.147. The van der Waals surface area contributed by atoms with E-state index in [1.165, 1.54) is 14.0 Å². The van der Waals surface area contributed by atoms with Crippen molar-refractivity contribution in [2.24, 2.45) is 16.7 Å². The molecule has 3 atom stereocenters. The quantitative estimate of drug-likeness (QED) is 0.561. The number of fused-ring (bicyclic) bond motifs is 2. The van der Waals surface area contributed by atoms with Crippen molar-refractivity contribution >= 4 is 21.9 Å². The van der Waals surface area contributed by atoms with Gasteiger partial charge in [0, 0.05) is 6.42 Å². The Morgan fingerprint density at radius 3 is 2.48 bits per heavy atom. The maximum Gasteiger partial charge on any atom is 0.336 e. The Labute approximate surface area is 125 Å². The van der Waals surface area contributed by atoms with Crippen LogP contribution in [0.2, 0.25) is 0 Å². The number of hydrogen-bond acceptors (Lipinski definition) is 6. The highest BCUT2D eigenvalue weighted by Gasteiger charge is 2.65. The van der Waals surface area contributed by atoms with Crippen molar-refractivity contribution in [3.8, 4) is 0 Å². The summed E-state index contributed by atoms with van der Waals surface area (Å²) in [6.07, 6.45) is 0.669. The largest absolute Gasteiger partial charge is 0.467 e. The van der Waals surface area contributed by atoms with Crippen molar-refractivity contribution in [3.05, 3.63) is 0 Å². The van der Waals surface area contributed by atoms with Crippen LogP contribution in [-0.2, 0) is 28.6 Å². The first-order chi connectivity index (χ1) is 9.56. The van der Waals surface area contributed by atoms with Crippen LogP contribution in [0.5, 0.6) is 0 Å². The molecule has 120 valence electrons. The molecule has 0 heterocycles. The van der Waals surface area contributed by atoms with Crippen LogP contribution < -0.4 is 0 Å². The Morgan fingerprint density at radius 1 is 1.43 bits per heavy atom. The Bertz CT molecular complexity index is 564. The van der Waals surface area contributed by atoms with Crippen LogP contribution in [0.4, 0.5) is 0 Å². The van der Waals surface area contributed by atoms with E-state index in [0.29, 0.717) is 12.8 Å². The topological polar surface area (TPSA) is 86.7 Å². The molecular weight excluding hydrogens is 296 g/mol. The van der Waals surface area contributed by atoms with Crippen molar-refractivity contribution < 1.29 is 26.9 Å². The van der Waals surface area contributed by atoms with Gasteiger partial charge < -0.3 is 4.74 Å². The third kappa shape index (κ3) is 2.50. The summed E-state index contributed by atoms with van der Waals surface area (Å²) in [6.45, 7) is 5.23. The number of ketones is 1. The maximum atomic E-state index is 12.3. The molecule has 0 aromatic rings. The molecule has 2 saturated carbocycles. The summed E-state index contributed by atoms with van der Waals surface area (Å²) in [5.41, 5.74) is -1.23. The van der Waals surface area contributed by atoms with Crippen LogP contribution in [0.3, 0.4) is 0 Å². The van der Waals surface area contributed by atoms with Gasteiger partial charge in [0.15, 0.2) is 6.10 Å². The van der Waals surface area contributed by atoms with Gasteiger partial charge in [0.2, 0.25) is 0 Å². The SMILES string of the molecule is COC(=O)C(C)OS(=O)(=O)C[C@]12CC[C@H](CC1=O)C2(C)C. The monoisotopic (exact) mass is 318 g/mol. The number of esters is 1. The summed E-state index contributed by atoms with van der Waals surface area (Å²) in [5, 5.41) is 0. The van der Waals surface area contributed by atoms with Crippen LogP contribution >= 0.6 is 0 Å². The zero-order valence-electron chi connectivity index (χ0n) is 12.8. The molecule has 7 heteroatoms. The fourth-order valence-electron chi connectivity index (χ4n) is 3.87. The minimum atomic E-state index is -3.99. The molecule has 0 aromatic heterocycles. The maximum absolute atomic E-state index is 12.3.